The molecule has 0 aliphatic heterocycles. The average molecular weight is 464 g/mol. The van der Waals surface area contributed by atoms with Crippen molar-refractivity contribution < 1.29 is 22.7 Å². The lowest BCUT2D eigenvalue weighted by Crippen LogP contribution is -2.24. The Labute approximate surface area is 183 Å². The van der Waals surface area contributed by atoms with E-state index in [4.69, 9.17) is 4.74 Å². The Morgan fingerprint density at radius 2 is 2.03 bits per heavy atom. The van der Waals surface area contributed by atoms with Crippen molar-refractivity contribution in [1.29, 1.82) is 0 Å². The molecule has 2 aromatic heterocycles. The smallest absolute Gasteiger partial charge is 0.358 e. The Kier molecular flexibility index (Phi) is 6.53. The monoisotopic (exact) mass is 463 g/mol. The summed E-state index contributed by atoms with van der Waals surface area (Å²) in [6, 6.07) is 4.53. The van der Waals surface area contributed by atoms with Crippen LogP contribution in [-0.2, 0) is 26.6 Å². The molecule has 164 valence electrons. The van der Waals surface area contributed by atoms with Gasteiger partial charge in [0.25, 0.3) is 5.91 Å². The quantitative estimate of drug-likeness (QED) is 0.531. The lowest BCUT2D eigenvalue weighted by molar-refractivity contribution is -0.119. The fourth-order valence-corrected chi connectivity index (χ4v) is 4.50. The minimum atomic E-state index is -3.66. The van der Waals surface area contributed by atoms with Crippen molar-refractivity contribution in [3.63, 3.8) is 0 Å². The van der Waals surface area contributed by atoms with Crippen LogP contribution in [0.25, 0.3) is 10.6 Å². The number of amides is 1. The number of rotatable bonds is 7. The van der Waals surface area contributed by atoms with Crippen LogP contribution in [0.4, 0.5) is 5.69 Å². The Bertz CT molecular complexity index is 1230. The van der Waals surface area contributed by atoms with Crippen LogP contribution in [0.3, 0.4) is 0 Å². The molecule has 0 bridgehead atoms. The van der Waals surface area contributed by atoms with Crippen molar-refractivity contribution in [2.24, 2.45) is 7.05 Å². The molecule has 10 nitrogen and oxygen atoms in total. The molecule has 0 unspecified atom stereocenters. The number of benzene rings is 1. The SMILES string of the molecule is Cc1ccc(NC(=O)COC(=O)c2csc(-c3cnn(C)c3)n2)cc1S(=O)(=O)N(C)C. The van der Waals surface area contributed by atoms with Crippen LogP contribution in [0, 0.1) is 6.92 Å². The van der Waals surface area contributed by atoms with Crippen LogP contribution in [0.2, 0.25) is 0 Å². The number of aryl methyl sites for hydroxylation is 2. The van der Waals surface area contributed by atoms with E-state index in [0.29, 0.717) is 10.6 Å². The van der Waals surface area contributed by atoms with Crippen molar-refractivity contribution in [2.75, 3.05) is 26.0 Å². The average Bonchev–Trinajstić information content (AvgIpc) is 3.36. The number of aromatic nitrogens is 3. The predicted octanol–water partition coefficient (Wildman–Crippen LogP) is 1.90. The van der Waals surface area contributed by atoms with Gasteiger partial charge in [0, 0.05) is 44.0 Å². The third-order valence-electron chi connectivity index (χ3n) is 4.23. The van der Waals surface area contributed by atoms with E-state index in [9.17, 15) is 18.0 Å². The molecule has 3 rings (SSSR count). The zero-order chi connectivity index (χ0) is 22.8. The third kappa shape index (κ3) is 5.16. The first-order valence-corrected chi connectivity index (χ1v) is 11.3. The summed E-state index contributed by atoms with van der Waals surface area (Å²) in [5.41, 5.74) is 1.68. The van der Waals surface area contributed by atoms with Gasteiger partial charge in [0.1, 0.15) is 5.01 Å². The van der Waals surface area contributed by atoms with Gasteiger partial charge < -0.3 is 10.1 Å². The van der Waals surface area contributed by atoms with Gasteiger partial charge in [0.2, 0.25) is 10.0 Å². The normalized spacial score (nSPS) is 11.5. The van der Waals surface area contributed by atoms with Crippen molar-refractivity contribution >= 4 is 38.9 Å². The Morgan fingerprint density at radius 3 is 2.68 bits per heavy atom. The van der Waals surface area contributed by atoms with Crippen molar-refractivity contribution in [3.05, 3.63) is 47.2 Å². The second kappa shape index (κ2) is 8.96. The highest BCUT2D eigenvalue weighted by Gasteiger charge is 2.21. The van der Waals surface area contributed by atoms with Crippen LogP contribution >= 0.6 is 11.3 Å². The van der Waals surface area contributed by atoms with Gasteiger partial charge >= 0.3 is 5.97 Å². The van der Waals surface area contributed by atoms with Gasteiger partial charge in [0.15, 0.2) is 12.3 Å². The maximum Gasteiger partial charge on any atom is 0.358 e. The summed E-state index contributed by atoms with van der Waals surface area (Å²) in [6.07, 6.45) is 3.40. The first-order valence-electron chi connectivity index (χ1n) is 9.02. The number of anilines is 1. The summed E-state index contributed by atoms with van der Waals surface area (Å²) in [7, 11) is 0.969. The summed E-state index contributed by atoms with van der Waals surface area (Å²) in [5.74, 6) is -1.34. The van der Waals surface area contributed by atoms with Gasteiger partial charge in [0.05, 0.1) is 11.1 Å². The van der Waals surface area contributed by atoms with Crippen LogP contribution < -0.4 is 5.32 Å². The summed E-state index contributed by atoms with van der Waals surface area (Å²) in [5, 5.41) is 8.74. The first kappa shape index (κ1) is 22.6. The second-order valence-corrected chi connectivity index (χ2v) is 9.81. The summed E-state index contributed by atoms with van der Waals surface area (Å²) < 4.78 is 32.5. The summed E-state index contributed by atoms with van der Waals surface area (Å²) in [4.78, 5) is 28.7. The molecule has 0 fully saturated rings. The van der Waals surface area contributed by atoms with Crippen LogP contribution in [0.15, 0.2) is 40.9 Å². The van der Waals surface area contributed by atoms with Gasteiger partial charge in [-0.3, -0.25) is 9.48 Å². The van der Waals surface area contributed by atoms with Gasteiger partial charge in [-0.1, -0.05) is 6.07 Å². The molecule has 12 heteroatoms. The van der Waals surface area contributed by atoms with E-state index in [-0.39, 0.29) is 16.3 Å². The maximum atomic E-state index is 12.4. The van der Waals surface area contributed by atoms with Crippen LogP contribution in [-0.4, -0.2) is 60.1 Å². The van der Waals surface area contributed by atoms with Gasteiger partial charge in [-0.15, -0.1) is 11.3 Å². The molecule has 2 heterocycles. The molecule has 3 aromatic rings. The number of carbonyl (C=O) groups is 2. The number of hydrogen-bond acceptors (Lipinski definition) is 8. The lowest BCUT2D eigenvalue weighted by Gasteiger charge is -2.15. The molecule has 31 heavy (non-hydrogen) atoms. The highest BCUT2D eigenvalue weighted by atomic mass is 32.2. The van der Waals surface area contributed by atoms with E-state index >= 15 is 0 Å². The van der Waals surface area contributed by atoms with E-state index in [2.05, 4.69) is 15.4 Å². The van der Waals surface area contributed by atoms with Gasteiger partial charge in [-0.2, -0.15) is 5.10 Å². The fourth-order valence-electron chi connectivity index (χ4n) is 2.59. The Balaban J connectivity index is 1.62. The molecule has 0 atom stereocenters. The lowest BCUT2D eigenvalue weighted by atomic mass is 10.2. The standard InChI is InChI=1S/C19H21N5O5S2/c1-12-5-6-14(7-16(12)31(27,28)23(2)3)21-17(25)10-29-19(26)15-11-30-18(22-15)13-8-20-24(4)9-13/h5-9,11H,10H2,1-4H3,(H,21,25). The highest BCUT2D eigenvalue weighted by Crippen LogP contribution is 2.24. The minimum Gasteiger partial charge on any atom is -0.451 e. The van der Waals surface area contributed by atoms with E-state index in [1.165, 1.54) is 31.5 Å². The van der Waals surface area contributed by atoms with Crippen molar-refractivity contribution in [1.82, 2.24) is 19.1 Å². The molecule has 0 aliphatic carbocycles. The van der Waals surface area contributed by atoms with Crippen molar-refractivity contribution in [2.45, 2.75) is 11.8 Å². The van der Waals surface area contributed by atoms with Crippen LogP contribution in [0.5, 0.6) is 0 Å². The topological polar surface area (TPSA) is 123 Å². The largest absolute Gasteiger partial charge is 0.451 e. The molecular weight excluding hydrogens is 442 g/mol. The summed E-state index contributed by atoms with van der Waals surface area (Å²) in [6.45, 7) is 1.12. The number of sulfonamides is 1. The molecule has 0 radical (unpaired) electrons. The van der Waals surface area contributed by atoms with Crippen LogP contribution in [0.1, 0.15) is 16.1 Å². The molecule has 0 saturated carbocycles. The second-order valence-electron chi connectivity index (χ2n) is 6.83. The number of nitrogens with zero attached hydrogens (tertiary/aromatic N) is 4. The molecule has 0 saturated heterocycles. The van der Waals surface area contributed by atoms with E-state index in [1.54, 1.807) is 48.6 Å². The predicted molar refractivity (Wildman–Crippen MR) is 115 cm³/mol. The first-order chi connectivity index (χ1) is 14.6. The van der Waals surface area contributed by atoms with E-state index in [1.807, 2.05) is 0 Å². The number of esters is 1. The fraction of sp³-hybridized carbons (Fsp3) is 0.263. The zero-order valence-corrected chi connectivity index (χ0v) is 19.0. The highest BCUT2D eigenvalue weighted by molar-refractivity contribution is 7.89. The third-order valence-corrected chi connectivity index (χ3v) is 7.08. The molecule has 0 aliphatic rings. The molecule has 0 spiro atoms. The Morgan fingerprint density at radius 1 is 1.29 bits per heavy atom. The van der Waals surface area contributed by atoms with E-state index < -0.39 is 28.5 Å². The van der Waals surface area contributed by atoms with Crippen molar-refractivity contribution in [3.8, 4) is 10.6 Å². The zero-order valence-electron chi connectivity index (χ0n) is 17.3. The molecule has 1 N–H and O–H groups in total. The number of thiazole rings is 1. The number of nitrogens with one attached hydrogen (secondary N) is 1. The molecule has 1 amide bonds. The number of ether oxygens (including phenoxy) is 1. The minimum absolute atomic E-state index is 0.0812. The molecule has 1 aromatic carbocycles. The number of hydrogen-bond donors (Lipinski definition) is 1. The van der Waals surface area contributed by atoms with Gasteiger partial charge in [-0.05, 0) is 24.6 Å². The Hall–Kier alpha value is -3.09. The molecular formula is C19H21N5O5S2. The number of carbonyl (C=O) groups excluding carboxylic acids is 2. The van der Waals surface area contributed by atoms with E-state index in [0.717, 1.165) is 9.87 Å². The van der Waals surface area contributed by atoms with Gasteiger partial charge in [-0.25, -0.2) is 22.5 Å². The maximum absolute atomic E-state index is 12.4. The summed E-state index contributed by atoms with van der Waals surface area (Å²) >= 11 is 1.26.